The molecule has 0 atom stereocenters. The van der Waals surface area contributed by atoms with Crippen LogP contribution in [-0.4, -0.2) is 31.1 Å². The Morgan fingerprint density at radius 3 is 3.11 bits per heavy atom. The molecule has 2 aromatic heterocycles. The lowest BCUT2D eigenvalue weighted by molar-refractivity contribution is 0.102. The molecule has 0 spiro atoms. The maximum Gasteiger partial charge on any atom is 0.277 e. The van der Waals surface area contributed by atoms with E-state index in [-0.39, 0.29) is 11.6 Å². The first kappa shape index (κ1) is 10.5. The minimum absolute atomic E-state index is 0.280. The van der Waals surface area contributed by atoms with Crippen molar-refractivity contribution in [2.24, 2.45) is 7.05 Å². The molecule has 0 unspecified atom stereocenters. The number of rotatable bonds is 2. The van der Waals surface area contributed by atoms with Crippen LogP contribution >= 0.6 is 0 Å². The third-order valence-corrected chi connectivity index (χ3v) is 2.54. The van der Waals surface area contributed by atoms with Crippen LogP contribution in [0.1, 0.15) is 10.5 Å². The van der Waals surface area contributed by atoms with Crippen molar-refractivity contribution in [2.45, 2.75) is 0 Å². The molecule has 0 aliphatic heterocycles. The van der Waals surface area contributed by atoms with Gasteiger partial charge in [0.15, 0.2) is 5.69 Å². The van der Waals surface area contributed by atoms with E-state index >= 15 is 0 Å². The summed E-state index contributed by atoms with van der Waals surface area (Å²) in [4.78, 5) is 11.8. The van der Waals surface area contributed by atoms with Crippen LogP contribution < -0.4 is 5.32 Å². The van der Waals surface area contributed by atoms with E-state index in [1.165, 1.54) is 4.68 Å². The molecule has 3 aromatic rings. The number of carbonyl (C=O) groups is 1. The summed E-state index contributed by atoms with van der Waals surface area (Å²) < 4.78 is 1.48. The number of hydrogen-bond acceptors (Lipinski definition) is 4. The summed E-state index contributed by atoms with van der Waals surface area (Å²) in [7, 11) is 1.71. The molecule has 7 nitrogen and oxygen atoms in total. The van der Waals surface area contributed by atoms with Crippen LogP contribution in [0.25, 0.3) is 10.9 Å². The van der Waals surface area contributed by atoms with E-state index < -0.39 is 0 Å². The zero-order valence-corrected chi connectivity index (χ0v) is 9.58. The van der Waals surface area contributed by atoms with Crippen molar-refractivity contribution in [3.63, 3.8) is 0 Å². The molecule has 1 aromatic carbocycles. The highest BCUT2D eigenvalue weighted by atomic mass is 16.2. The van der Waals surface area contributed by atoms with Gasteiger partial charge >= 0.3 is 0 Å². The van der Waals surface area contributed by atoms with E-state index in [1.807, 2.05) is 18.2 Å². The molecule has 0 radical (unpaired) electrons. The summed E-state index contributed by atoms with van der Waals surface area (Å²) >= 11 is 0. The SMILES string of the molecule is Cn1cc(C(=O)Nc2ccc3cn[nH]c3c2)nn1. The van der Waals surface area contributed by atoms with Gasteiger partial charge in [-0.2, -0.15) is 5.10 Å². The Balaban J connectivity index is 1.85. The molecule has 0 aliphatic carbocycles. The van der Waals surface area contributed by atoms with Crippen molar-refractivity contribution in [1.82, 2.24) is 25.2 Å². The van der Waals surface area contributed by atoms with E-state index in [2.05, 4.69) is 25.8 Å². The fourth-order valence-corrected chi connectivity index (χ4v) is 1.66. The Bertz CT molecular complexity index is 713. The lowest BCUT2D eigenvalue weighted by atomic mass is 10.2. The zero-order valence-electron chi connectivity index (χ0n) is 9.58. The van der Waals surface area contributed by atoms with Crippen LogP contribution in [0.3, 0.4) is 0 Å². The Labute approximate surface area is 102 Å². The lowest BCUT2D eigenvalue weighted by Crippen LogP contribution is -2.12. The standard InChI is InChI=1S/C11H10N6O/c1-17-6-10(15-16-17)11(18)13-8-3-2-7-5-12-14-9(7)4-8/h2-6H,1H3,(H,12,14)(H,13,18). The summed E-state index contributed by atoms with van der Waals surface area (Å²) in [6.45, 7) is 0. The Morgan fingerprint density at radius 1 is 1.44 bits per heavy atom. The second kappa shape index (κ2) is 3.95. The molecule has 18 heavy (non-hydrogen) atoms. The summed E-state index contributed by atoms with van der Waals surface area (Å²) in [6.07, 6.45) is 3.29. The number of aryl methyl sites for hydroxylation is 1. The number of carbonyl (C=O) groups excluding carboxylic acids is 1. The number of aromatic nitrogens is 5. The van der Waals surface area contributed by atoms with Gasteiger partial charge in [-0.1, -0.05) is 5.21 Å². The van der Waals surface area contributed by atoms with Gasteiger partial charge in [0.2, 0.25) is 0 Å². The van der Waals surface area contributed by atoms with Gasteiger partial charge in [0, 0.05) is 18.1 Å². The minimum atomic E-state index is -0.290. The average Bonchev–Trinajstić information content (AvgIpc) is 2.96. The molecule has 0 aliphatic rings. The number of amides is 1. The number of hydrogen-bond donors (Lipinski definition) is 2. The third-order valence-electron chi connectivity index (χ3n) is 2.54. The second-order valence-corrected chi connectivity index (χ2v) is 3.90. The van der Waals surface area contributed by atoms with Gasteiger partial charge in [0.25, 0.3) is 5.91 Å². The highest BCUT2D eigenvalue weighted by Gasteiger charge is 2.10. The summed E-state index contributed by atoms with van der Waals surface area (Å²) in [5.74, 6) is -0.290. The first-order valence-electron chi connectivity index (χ1n) is 5.33. The molecule has 0 fully saturated rings. The molecule has 0 saturated carbocycles. The maximum absolute atomic E-state index is 11.8. The third kappa shape index (κ3) is 1.81. The first-order valence-corrected chi connectivity index (χ1v) is 5.33. The van der Waals surface area contributed by atoms with E-state index in [4.69, 9.17) is 0 Å². The molecule has 0 bridgehead atoms. The smallest absolute Gasteiger partial charge is 0.277 e. The monoisotopic (exact) mass is 242 g/mol. The number of benzene rings is 1. The first-order chi connectivity index (χ1) is 8.72. The molecule has 1 amide bonds. The van der Waals surface area contributed by atoms with Gasteiger partial charge in [-0.25, -0.2) is 0 Å². The molecule has 7 heteroatoms. The number of nitrogens with one attached hydrogen (secondary N) is 2. The van der Waals surface area contributed by atoms with Crippen LogP contribution in [0.15, 0.2) is 30.6 Å². The van der Waals surface area contributed by atoms with E-state index in [0.717, 1.165) is 10.9 Å². The van der Waals surface area contributed by atoms with Crippen LogP contribution in [-0.2, 0) is 7.05 Å². The van der Waals surface area contributed by atoms with Gasteiger partial charge in [0.1, 0.15) is 0 Å². The van der Waals surface area contributed by atoms with Crippen molar-refractivity contribution in [3.8, 4) is 0 Å². The number of anilines is 1. The highest BCUT2D eigenvalue weighted by molar-refractivity contribution is 6.03. The molecular formula is C11H10N6O. The summed E-state index contributed by atoms with van der Waals surface area (Å²) in [5, 5.41) is 18.0. The topological polar surface area (TPSA) is 88.5 Å². The van der Waals surface area contributed by atoms with Gasteiger partial charge in [-0.3, -0.25) is 14.6 Å². The van der Waals surface area contributed by atoms with Gasteiger partial charge in [0.05, 0.1) is 17.9 Å². The van der Waals surface area contributed by atoms with Crippen molar-refractivity contribution in [2.75, 3.05) is 5.32 Å². The van der Waals surface area contributed by atoms with Gasteiger partial charge < -0.3 is 5.32 Å². The summed E-state index contributed by atoms with van der Waals surface area (Å²) in [5.41, 5.74) is 1.83. The fourth-order valence-electron chi connectivity index (χ4n) is 1.66. The van der Waals surface area contributed by atoms with Crippen LogP contribution in [0.5, 0.6) is 0 Å². The van der Waals surface area contributed by atoms with Crippen LogP contribution in [0.4, 0.5) is 5.69 Å². The average molecular weight is 242 g/mol. The normalized spacial score (nSPS) is 10.7. The lowest BCUT2D eigenvalue weighted by Gasteiger charge is -2.02. The number of fused-ring (bicyclic) bond motifs is 1. The quantitative estimate of drug-likeness (QED) is 0.700. The predicted octanol–water partition coefficient (Wildman–Crippen LogP) is 0.944. The second-order valence-electron chi connectivity index (χ2n) is 3.90. The number of H-pyrrole nitrogens is 1. The Hall–Kier alpha value is -2.70. The van der Waals surface area contributed by atoms with Crippen molar-refractivity contribution < 1.29 is 4.79 Å². The van der Waals surface area contributed by atoms with E-state index in [0.29, 0.717) is 5.69 Å². The summed E-state index contributed by atoms with van der Waals surface area (Å²) in [6, 6.07) is 5.51. The van der Waals surface area contributed by atoms with E-state index in [9.17, 15) is 4.79 Å². The van der Waals surface area contributed by atoms with Crippen molar-refractivity contribution in [3.05, 3.63) is 36.3 Å². The number of nitrogens with zero attached hydrogens (tertiary/aromatic N) is 4. The van der Waals surface area contributed by atoms with Gasteiger partial charge in [-0.05, 0) is 18.2 Å². The molecule has 0 saturated heterocycles. The molecule has 2 heterocycles. The number of aromatic amines is 1. The minimum Gasteiger partial charge on any atom is -0.320 e. The largest absolute Gasteiger partial charge is 0.320 e. The zero-order chi connectivity index (χ0) is 12.5. The highest BCUT2D eigenvalue weighted by Crippen LogP contribution is 2.16. The molecular weight excluding hydrogens is 232 g/mol. The molecule has 90 valence electrons. The van der Waals surface area contributed by atoms with Crippen molar-refractivity contribution >= 4 is 22.5 Å². The maximum atomic E-state index is 11.8. The predicted molar refractivity (Wildman–Crippen MR) is 65.0 cm³/mol. The van der Waals surface area contributed by atoms with E-state index in [1.54, 1.807) is 19.4 Å². The Kier molecular flexibility index (Phi) is 2.30. The van der Waals surface area contributed by atoms with Crippen LogP contribution in [0, 0.1) is 0 Å². The molecule has 2 N–H and O–H groups in total. The van der Waals surface area contributed by atoms with Crippen LogP contribution in [0.2, 0.25) is 0 Å². The fraction of sp³-hybridized carbons (Fsp3) is 0.0909. The Morgan fingerprint density at radius 2 is 2.33 bits per heavy atom. The molecule has 3 rings (SSSR count). The van der Waals surface area contributed by atoms with Gasteiger partial charge in [-0.15, -0.1) is 5.10 Å². The van der Waals surface area contributed by atoms with Crippen molar-refractivity contribution in [1.29, 1.82) is 0 Å².